The van der Waals surface area contributed by atoms with Crippen molar-refractivity contribution in [3.8, 4) is 0 Å². The second-order valence-corrected chi connectivity index (χ2v) is 10.8. The maximum absolute atomic E-state index is 13.3. The van der Waals surface area contributed by atoms with Crippen LogP contribution in [0.4, 0.5) is 10.7 Å². The van der Waals surface area contributed by atoms with Gasteiger partial charge in [0.05, 0.1) is 5.56 Å². The number of hydrogen-bond donors (Lipinski definition) is 2. The molecule has 0 radical (unpaired) electrons. The zero-order valence-corrected chi connectivity index (χ0v) is 21.2. The Morgan fingerprint density at radius 3 is 2.20 bits per heavy atom. The van der Waals surface area contributed by atoms with Crippen molar-refractivity contribution in [3.05, 3.63) is 53.9 Å². The summed E-state index contributed by atoms with van der Waals surface area (Å²) in [6, 6.07) is 10.5. The minimum absolute atomic E-state index is 0.0162. The first-order valence-electron chi connectivity index (χ1n) is 12.6. The van der Waals surface area contributed by atoms with Gasteiger partial charge in [0.2, 0.25) is 5.95 Å². The quantitative estimate of drug-likeness (QED) is 0.598. The Kier molecular flexibility index (Phi) is 7.40. The first kappa shape index (κ1) is 25.1. The van der Waals surface area contributed by atoms with E-state index in [-0.39, 0.29) is 22.5 Å². The van der Waals surface area contributed by atoms with Crippen LogP contribution in [0.5, 0.6) is 0 Å². The highest BCUT2D eigenvalue weighted by Gasteiger charge is 2.44. The molecular formula is C27H38N6O2. The van der Waals surface area contributed by atoms with Crippen molar-refractivity contribution in [1.82, 2.24) is 20.2 Å². The van der Waals surface area contributed by atoms with Crippen molar-refractivity contribution in [2.24, 2.45) is 17.1 Å². The largest absolute Gasteiger partial charge is 0.366 e. The number of carbonyl (C=O) groups excluding carboxylic acids is 2. The van der Waals surface area contributed by atoms with E-state index in [0.29, 0.717) is 25.0 Å². The number of nitrogens with one attached hydrogen (secondary N) is 1. The molecule has 0 atom stereocenters. The summed E-state index contributed by atoms with van der Waals surface area (Å²) in [5, 5.41) is 3.09. The average Bonchev–Trinajstić information content (AvgIpc) is 2.82. The van der Waals surface area contributed by atoms with Gasteiger partial charge >= 0.3 is 6.03 Å². The Balaban J connectivity index is 1.52. The number of nitrogens with two attached hydrogens (primary N) is 1. The minimum atomic E-state index is -0.585. The maximum atomic E-state index is 13.3. The Hall–Kier alpha value is -3.00. The van der Waals surface area contributed by atoms with E-state index in [9.17, 15) is 9.59 Å². The summed E-state index contributed by atoms with van der Waals surface area (Å²) in [5.41, 5.74) is 6.82. The van der Waals surface area contributed by atoms with E-state index in [2.05, 4.69) is 71.5 Å². The molecule has 1 aromatic heterocycles. The Bertz CT molecular complexity index is 1010. The Morgan fingerprint density at radius 2 is 1.69 bits per heavy atom. The number of benzene rings is 1. The van der Waals surface area contributed by atoms with Gasteiger partial charge in [-0.15, -0.1) is 0 Å². The third-order valence-corrected chi connectivity index (χ3v) is 8.17. The van der Waals surface area contributed by atoms with Crippen LogP contribution in [0.15, 0.2) is 42.7 Å². The lowest BCUT2D eigenvalue weighted by molar-refractivity contribution is 0.0457. The fraction of sp³-hybridized carbons (Fsp3) is 0.556. The molecule has 188 valence electrons. The smallest absolute Gasteiger partial charge is 0.324 e. The highest BCUT2D eigenvalue weighted by molar-refractivity contribution is 5.93. The number of primary amides is 1. The molecule has 2 aliphatic carbocycles. The van der Waals surface area contributed by atoms with Crippen molar-refractivity contribution in [3.63, 3.8) is 0 Å². The van der Waals surface area contributed by atoms with Gasteiger partial charge in [-0.25, -0.2) is 14.8 Å². The van der Waals surface area contributed by atoms with E-state index in [1.807, 2.05) is 0 Å². The van der Waals surface area contributed by atoms with Gasteiger partial charge in [-0.1, -0.05) is 43.7 Å². The molecule has 0 bridgehead atoms. The van der Waals surface area contributed by atoms with Gasteiger partial charge < -0.3 is 11.1 Å². The van der Waals surface area contributed by atoms with Crippen LogP contribution in [0.1, 0.15) is 67.8 Å². The van der Waals surface area contributed by atoms with Gasteiger partial charge in [0, 0.05) is 31.0 Å². The van der Waals surface area contributed by atoms with Crippen molar-refractivity contribution >= 4 is 17.9 Å². The third kappa shape index (κ3) is 5.48. The molecule has 0 unspecified atom stereocenters. The van der Waals surface area contributed by atoms with Crippen molar-refractivity contribution in [2.45, 2.75) is 57.4 Å². The van der Waals surface area contributed by atoms with E-state index in [1.54, 1.807) is 4.90 Å². The number of anilines is 1. The predicted molar refractivity (Wildman–Crippen MR) is 137 cm³/mol. The first-order valence-corrected chi connectivity index (χ1v) is 12.6. The van der Waals surface area contributed by atoms with Gasteiger partial charge in [0.25, 0.3) is 5.91 Å². The minimum Gasteiger partial charge on any atom is -0.366 e. The number of hydrogen-bond acceptors (Lipinski definition) is 5. The molecule has 35 heavy (non-hydrogen) atoms. The summed E-state index contributed by atoms with van der Waals surface area (Å²) in [4.78, 5) is 37.4. The second kappa shape index (κ2) is 10.3. The van der Waals surface area contributed by atoms with E-state index in [4.69, 9.17) is 5.73 Å². The molecule has 3 amide bonds. The second-order valence-electron chi connectivity index (χ2n) is 10.8. The van der Waals surface area contributed by atoms with Gasteiger partial charge in [-0.3, -0.25) is 14.6 Å². The topological polar surface area (TPSA) is 104 Å². The van der Waals surface area contributed by atoms with Gasteiger partial charge in [-0.2, -0.15) is 0 Å². The molecule has 0 aliphatic heterocycles. The summed E-state index contributed by atoms with van der Waals surface area (Å²) < 4.78 is 0. The number of nitrogens with zero attached hydrogens (tertiary/aromatic N) is 4. The molecule has 0 spiro atoms. The summed E-state index contributed by atoms with van der Waals surface area (Å²) in [5.74, 6) is 0.267. The summed E-state index contributed by atoms with van der Waals surface area (Å²) in [7, 11) is 4.31. The predicted octanol–water partition coefficient (Wildman–Crippen LogP) is 3.93. The summed E-state index contributed by atoms with van der Waals surface area (Å²) >= 11 is 0. The van der Waals surface area contributed by atoms with E-state index < -0.39 is 5.91 Å². The van der Waals surface area contributed by atoms with E-state index in [1.165, 1.54) is 24.4 Å². The zero-order chi connectivity index (χ0) is 25.1. The van der Waals surface area contributed by atoms with Crippen LogP contribution in [-0.2, 0) is 5.54 Å². The van der Waals surface area contributed by atoms with Crippen molar-refractivity contribution in [2.75, 3.05) is 32.1 Å². The Labute approximate surface area is 208 Å². The molecule has 2 fully saturated rings. The molecule has 1 aromatic carbocycles. The number of carbonyl (C=O) groups is 2. The van der Waals surface area contributed by atoms with Crippen LogP contribution in [-0.4, -0.2) is 54.0 Å². The normalized spacial score (nSPS) is 24.6. The van der Waals surface area contributed by atoms with Crippen molar-refractivity contribution < 1.29 is 9.59 Å². The number of urea groups is 1. The lowest BCUT2D eigenvalue weighted by atomic mass is 9.65. The lowest BCUT2D eigenvalue weighted by Gasteiger charge is -2.49. The van der Waals surface area contributed by atoms with Crippen LogP contribution in [0.25, 0.3) is 0 Å². The molecule has 0 saturated heterocycles. The first-order chi connectivity index (χ1) is 16.7. The zero-order valence-electron chi connectivity index (χ0n) is 21.2. The summed E-state index contributed by atoms with van der Waals surface area (Å²) in [6.45, 7) is 3.43. The lowest BCUT2D eigenvalue weighted by Crippen LogP contribution is -2.51. The summed E-state index contributed by atoms with van der Waals surface area (Å²) in [6.07, 6.45) is 10.3. The van der Waals surface area contributed by atoms with E-state index >= 15 is 0 Å². The SMILES string of the molecule is CN(C)[C@]1(c2ccccc2)CC[C@@](C)(CN(C(=O)NCC2CCC2)c2ncc(C(N)=O)cn2)CC1. The monoisotopic (exact) mass is 478 g/mol. The molecule has 8 nitrogen and oxygen atoms in total. The fourth-order valence-corrected chi connectivity index (χ4v) is 5.39. The third-order valence-electron chi connectivity index (χ3n) is 8.17. The van der Waals surface area contributed by atoms with Gasteiger partial charge in [-0.05, 0) is 69.5 Å². The highest BCUT2D eigenvalue weighted by atomic mass is 16.2. The van der Waals surface area contributed by atoms with Crippen LogP contribution in [0, 0.1) is 11.3 Å². The number of rotatable bonds is 8. The molecule has 4 rings (SSSR count). The molecular weight excluding hydrogens is 440 g/mol. The van der Waals surface area contributed by atoms with Gasteiger partial charge in [0.1, 0.15) is 0 Å². The average molecular weight is 479 g/mol. The van der Waals surface area contributed by atoms with E-state index in [0.717, 1.165) is 38.5 Å². The molecule has 3 N–H and O–H groups in total. The molecule has 2 saturated carbocycles. The van der Waals surface area contributed by atoms with Crippen molar-refractivity contribution in [1.29, 1.82) is 0 Å². The molecule has 2 aliphatic rings. The highest BCUT2D eigenvalue weighted by Crippen LogP contribution is 2.48. The maximum Gasteiger partial charge on any atom is 0.324 e. The van der Waals surface area contributed by atoms with Gasteiger partial charge in [0.15, 0.2) is 0 Å². The van der Waals surface area contributed by atoms with Crippen LogP contribution in [0.2, 0.25) is 0 Å². The molecule has 1 heterocycles. The molecule has 8 heteroatoms. The molecule has 2 aromatic rings. The fourth-order valence-electron chi connectivity index (χ4n) is 5.39. The Morgan fingerprint density at radius 1 is 1.06 bits per heavy atom. The van der Waals surface area contributed by atoms with Crippen LogP contribution >= 0.6 is 0 Å². The van der Waals surface area contributed by atoms with Crippen LogP contribution in [0.3, 0.4) is 0 Å². The van der Waals surface area contributed by atoms with Crippen LogP contribution < -0.4 is 16.0 Å². The number of amides is 3. The number of aromatic nitrogens is 2. The standard InChI is InChI=1S/C27H38N6O2/c1-26(12-14-27(15-13-26,32(2)3)22-10-5-4-6-11-22)19-33(25(35)31-16-20-8-7-9-20)24-29-17-21(18-30-24)23(28)34/h4-6,10-11,17-18,20H,7-9,12-16,19H2,1-3H3,(H2,28,34)(H,31,35)/t26-,27-.